The van der Waals surface area contributed by atoms with Crippen LogP contribution in [0.25, 0.3) is 53.6 Å². The van der Waals surface area contributed by atoms with E-state index in [-0.39, 0.29) is 11.1 Å². The Hall–Kier alpha value is -5.18. The zero-order valence-electron chi connectivity index (χ0n) is 26.0. The zero-order chi connectivity index (χ0) is 34.9. The van der Waals surface area contributed by atoms with Crippen LogP contribution in [-0.2, 0) is 0 Å². The van der Waals surface area contributed by atoms with Gasteiger partial charge in [0.2, 0.25) is 0 Å². The molecule has 0 atom stereocenters. The van der Waals surface area contributed by atoms with E-state index in [1.807, 2.05) is 59.9 Å². The molecule has 0 N–H and O–H groups in total. The average Bonchev–Trinajstić information content (AvgIpc) is 3.98. The lowest BCUT2D eigenvalue weighted by Gasteiger charge is -1.94. The fourth-order valence-corrected chi connectivity index (χ4v) is 13.0. The number of thiophene rings is 7. The van der Waals surface area contributed by atoms with Gasteiger partial charge in [-0.2, -0.15) is 21.0 Å². The van der Waals surface area contributed by atoms with E-state index < -0.39 is 0 Å². The van der Waals surface area contributed by atoms with Crippen molar-refractivity contribution in [3.8, 4) is 43.8 Å². The van der Waals surface area contributed by atoms with Gasteiger partial charge >= 0.3 is 0 Å². The summed E-state index contributed by atoms with van der Waals surface area (Å²) < 4.78 is 8.05. The molecular formula is C40H18N4S7. The van der Waals surface area contributed by atoms with Crippen LogP contribution in [0, 0.1) is 63.5 Å². The van der Waals surface area contributed by atoms with E-state index in [2.05, 4.69) is 84.9 Å². The first-order chi connectivity index (χ1) is 25.0. The first-order valence-electron chi connectivity index (χ1n) is 15.2. The molecule has 0 bridgehead atoms. The van der Waals surface area contributed by atoms with Crippen LogP contribution in [0.2, 0.25) is 0 Å². The minimum Gasteiger partial charge on any atom is -0.192 e. The highest BCUT2D eigenvalue weighted by molar-refractivity contribution is 7.28. The van der Waals surface area contributed by atoms with E-state index in [1.165, 1.54) is 62.7 Å². The molecule has 51 heavy (non-hydrogen) atoms. The second-order valence-corrected chi connectivity index (χ2v) is 18.6. The highest BCUT2D eigenvalue weighted by Gasteiger charge is 2.16. The summed E-state index contributed by atoms with van der Waals surface area (Å²) in [4.78, 5) is 7.40. The highest BCUT2D eigenvalue weighted by atomic mass is 32.1. The summed E-state index contributed by atoms with van der Waals surface area (Å²) in [6.45, 7) is 0. The first-order valence-corrected chi connectivity index (χ1v) is 20.9. The van der Waals surface area contributed by atoms with E-state index >= 15 is 0 Å². The smallest absolute Gasteiger partial charge is 0.146 e. The fraction of sp³-hybridized carbons (Fsp3) is 0. The van der Waals surface area contributed by atoms with Gasteiger partial charge in [-0.1, -0.05) is 24.3 Å². The third-order valence-electron chi connectivity index (χ3n) is 7.78. The molecule has 240 valence electrons. The van der Waals surface area contributed by atoms with E-state index in [0.29, 0.717) is 9.06 Å². The van der Waals surface area contributed by atoms with Crippen LogP contribution in [-0.4, -0.2) is 0 Å². The lowest BCUT2D eigenvalue weighted by molar-refractivity contribution is 1.51. The number of hydrogen-bond acceptors (Lipinski definition) is 11. The zero-order valence-corrected chi connectivity index (χ0v) is 31.8. The summed E-state index contributed by atoms with van der Waals surface area (Å²) in [6.07, 6.45) is 4.44. The Bertz CT molecular complexity index is 3030. The lowest BCUT2D eigenvalue weighted by atomic mass is 10.1. The minimum absolute atomic E-state index is 0.148. The Morgan fingerprint density at radius 2 is 0.824 bits per heavy atom. The molecule has 0 spiro atoms. The van der Waals surface area contributed by atoms with E-state index in [0.717, 1.165) is 27.2 Å². The predicted molar refractivity (Wildman–Crippen MR) is 216 cm³/mol. The average molecular weight is 779 g/mol. The number of nitriles is 4. The standard InChI is InChI=1S/C40H18N4S7/c41-19-23(20-42)31-13-15-35(49-31)33-9-5-25(45-33)17-27-7-11-37(47-27)39-29-3-1-2-4-30(29)40(51-39)38-12-8-28(48-38)18-26-6-10-34(46-26)36-16-14-32(50-36)24(21-43)22-44/h1-18H/b25-17-,26-18-,35-33+,36-34+. The predicted octanol–water partition coefficient (Wildman–Crippen LogP) is 9.23. The second kappa shape index (κ2) is 14.2. The van der Waals surface area contributed by atoms with Gasteiger partial charge in [-0.15, -0.1) is 79.4 Å². The van der Waals surface area contributed by atoms with Gasteiger partial charge in [-0.25, -0.2) is 0 Å². The highest BCUT2D eigenvalue weighted by Crippen LogP contribution is 2.47. The molecule has 8 aromatic rings. The molecule has 0 fully saturated rings. The Kier molecular flexibility index (Phi) is 9.19. The molecule has 0 aliphatic heterocycles. The second-order valence-electron chi connectivity index (χ2n) is 10.9. The number of hydrogen-bond donors (Lipinski definition) is 0. The Labute approximate surface area is 318 Å². The number of nitrogens with zero attached hydrogens (tertiary/aromatic N) is 4. The maximum Gasteiger partial charge on any atom is 0.146 e. The molecule has 0 aliphatic carbocycles. The van der Waals surface area contributed by atoms with Crippen LogP contribution in [0.5, 0.6) is 0 Å². The molecule has 0 radical (unpaired) electrons. The SMILES string of the molecule is N#CC(C#N)=c1cc/c(=c2/cc/c(=C/c3ccc(-c4sc(-c5ccc(/C=c6/cc/c(=c7/ccc(=C(C#N)C#N)s7)s6)s5)c5ccccc45)s3)s2)s1. The molecule has 1 aromatic carbocycles. The Morgan fingerprint density at radius 1 is 0.412 bits per heavy atom. The molecule has 0 saturated heterocycles. The Morgan fingerprint density at radius 3 is 1.25 bits per heavy atom. The molecule has 4 nitrogen and oxygen atoms in total. The van der Waals surface area contributed by atoms with Gasteiger partial charge in [-0.05, 0) is 84.9 Å². The van der Waals surface area contributed by atoms with Crippen LogP contribution >= 0.6 is 79.4 Å². The number of fused-ring (bicyclic) bond motifs is 1. The van der Waals surface area contributed by atoms with Crippen molar-refractivity contribution in [3.63, 3.8) is 0 Å². The summed E-state index contributed by atoms with van der Waals surface area (Å²) in [5, 5.41) is 39.4. The summed E-state index contributed by atoms with van der Waals surface area (Å²) in [5.74, 6) is 0. The van der Waals surface area contributed by atoms with E-state index in [1.54, 1.807) is 45.3 Å². The monoisotopic (exact) mass is 778 g/mol. The molecule has 0 amide bonds. The molecule has 0 aliphatic rings. The topological polar surface area (TPSA) is 95.2 Å². The largest absolute Gasteiger partial charge is 0.192 e. The van der Waals surface area contributed by atoms with Crippen molar-refractivity contribution in [2.24, 2.45) is 0 Å². The molecule has 11 heteroatoms. The van der Waals surface area contributed by atoms with Crippen LogP contribution in [0.3, 0.4) is 0 Å². The first kappa shape index (κ1) is 33.0. The molecule has 7 aromatic heterocycles. The van der Waals surface area contributed by atoms with Gasteiger partial charge in [0.1, 0.15) is 35.4 Å². The van der Waals surface area contributed by atoms with Crippen molar-refractivity contribution in [1.82, 2.24) is 0 Å². The van der Waals surface area contributed by atoms with Crippen LogP contribution in [0.4, 0.5) is 0 Å². The van der Waals surface area contributed by atoms with Crippen molar-refractivity contribution in [2.45, 2.75) is 0 Å². The van der Waals surface area contributed by atoms with Crippen LogP contribution in [0.15, 0.2) is 97.1 Å². The summed E-state index contributed by atoms with van der Waals surface area (Å²) in [6, 6.07) is 41.5. The quantitative estimate of drug-likeness (QED) is 0.178. The summed E-state index contributed by atoms with van der Waals surface area (Å²) >= 11 is 11.8. The van der Waals surface area contributed by atoms with Gasteiger partial charge in [0.05, 0.1) is 18.8 Å². The van der Waals surface area contributed by atoms with Crippen LogP contribution < -0.4 is 18.1 Å². The Balaban J connectivity index is 1.11. The summed E-state index contributed by atoms with van der Waals surface area (Å²) in [7, 11) is 0. The number of benzene rings is 1. The van der Waals surface area contributed by atoms with E-state index in [4.69, 9.17) is 0 Å². The van der Waals surface area contributed by atoms with Gasteiger partial charge in [0.25, 0.3) is 0 Å². The minimum atomic E-state index is 0.148. The molecule has 7 heterocycles. The van der Waals surface area contributed by atoms with Crippen molar-refractivity contribution < 1.29 is 0 Å². The molecule has 0 saturated carbocycles. The lowest BCUT2D eigenvalue weighted by Crippen LogP contribution is -1.93. The fourth-order valence-electron chi connectivity index (χ4n) is 5.45. The molecule has 8 rings (SSSR count). The van der Waals surface area contributed by atoms with Gasteiger partial charge in [0.15, 0.2) is 0 Å². The maximum absolute atomic E-state index is 9.22. The molecular weight excluding hydrogens is 761 g/mol. The van der Waals surface area contributed by atoms with Crippen molar-refractivity contribution in [2.75, 3.05) is 0 Å². The normalized spacial score (nSPS) is 13.1. The van der Waals surface area contributed by atoms with Gasteiger partial charge in [0, 0.05) is 57.5 Å². The van der Waals surface area contributed by atoms with Gasteiger partial charge in [-0.3, -0.25) is 0 Å². The van der Waals surface area contributed by atoms with Gasteiger partial charge < -0.3 is 0 Å². The summed E-state index contributed by atoms with van der Waals surface area (Å²) in [5.41, 5.74) is 0.296. The van der Waals surface area contributed by atoms with Crippen molar-refractivity contribution >= 4 is 113 Å². The van der Waals surface area contributed by atoms with Crippen LogP contribution in [0.1, 0.15) is 9.75 Å². The third-order valence-corrected chi connectivity index (χ3v) is 16.1. The third kappa shape index (κ3) is 6.57. The maximum atomic E-state index is 9.22. The molecule has 0 unspecified atom stereocenters. The van der Waals surface area contributed by atoms with E-state index in [9.17, 15) is 21.0 Å². The van der Waals surface area contributed by atoms with Crippen molar-refractivity contribution in [3.05, 3.63) is 143 Å². The number of rotatable bonds is 4. The van der Waals surface area contributed by atoms with Crippen molar-refractivity contribution in [1.29, 1.82) is 21.0 Å².